The first-order valence-electron chi connectivity index (χ1n) is 21.1. The molecule has 2 N–H and O–H groups in total. The van der Waals surface area contributed by atoms with Crippen molar-refractivity contribution >= 4 is 5.91 Å². The van der Waals surface area contributed by atoms with Crippen molar-refractivity contribution in [3.8, 4) is 11.1 Å². The lowest BCUT2D eigenvalue weighted by Crippen LogP contribution is -2.45. The van der Waals surface area contributed by atoms with E-state index in [1.54, 1.807) is 24.5 Å². The van der Waals surface area contributed by atoms with Gasteiger partial charge in [-0.1, -0.05) is 158 Å². The van der Waals surface area contributed by atoms with Crippen molar-refractivity contribution in [2.24, 2.45) is 5.92 Å². The molecule has 0 radical (unpaired) electrons. The summed E-state index contributed by atoms with van der Waals surface area (Å²) in [5.74, 6) is -0.00689. The third-order valence-electron chi connectivity index (χ3n) is 11.1. The number of ether oxygens (including phenoxy) is 2. The van der Waals surface area contributed by atoms with Crippen molar-refractivity contribution in [1.29, 1.82) is 0 Å². The monoisotopic (exact) mass is 747 g/mol. The Morgan fingerprint density at radius 2 is 1.38 bits per heavy atom. The normalized spacial score (nSPS) is 18.4. The molecule has 7 heteroatoms. The molecule has 296 valence electrons. The molecular formula is C48H65N3O4. The number of hydrogen-bond donors (Lipinski definition) is 2. The highest BCUT2D eigenvalue weighted by molar-refractivity contribution is 5.93. The first kappa shape index (κ1) is 42.3. The van der Waals surface area contributed by atoms with Crippen molar-refractivity contribution in [2.45, 2.75) is 129 Å². The van der Waals surface area contributed by atoms with Gasteiger partial charge in [0, 0.05) is 37.0 Å². The van der Waals surface area contributed by atoms with Gasteiger partial charge in [0.2, 0.25) is 0 Å². The van der Waals surface area contributed by atoms with E-state index in [0.717, 1.165) is 53.0 Å². The predicted octanol–water partition coefficient (Wildman–Crippen LogP) is 11.0. The number of aliphatic hydroxyl groups is 1. The van der Waals surface area contributed by atoms with E-state index in [9.17, 15) is 9.90 Å². The zero-order valence-electron chi connectivity index (χ0n) is 33.6. The Hall–Kier alpha value is -3.88. The van der Waals surface area contributed by atoms with Gasteiger partial charge in [0.15, 0.2) is 6.29 Å². The third kappa shape index (κ3) is 13.1. The highest BCUT2D eigenvalue weighted by Crippen LogP contribution is 2.42. The number of nitrogens with one attached hydrogen (secondary N) is 1. The van der Waals surface area contributed by atoms with E-state index < -0.39 is 6.29 Å². The number of pyridine rings is 1. The SMILES string of the molecule is CCCCCCCCN(CCCCCCCC)CC1OC(c2ccc(-c3ccccc3CNC(=O)c3cccnc3)cc2)OC(c2ccc(CO)cc2)C1C. The van der Waals surface area contributed by atoms with Crippen LogP contribution < -0.4 is 5.32 Å². The summed E-state index contributed by atoms with van der Waals surface area (Å²) < 4.78 is 13.8. The van der Waals surface area contributed by atoms with Crippen LogP contribution in [0.2, 0.25) is 0 Å². The molecule has 0 spiro atoms. The van der Waals surface area contributed by atoms with Crippen LogP contribution in [0, 0.1) is 5.92 Å². The zero-order valence-corrected chi connectivity index (χ0v) is 33.6. The van der Waals surface area contributed by atoms with Crippen LogP contribution in [0.15, 0.2) is 97.3 Å². The van der Waals surface area contributed by atoms with Gasteiger partial charge in [-0.2, -0.15) is 0 Å². The maximum Gasteiger partial charge on any atom is 0.253 e. The van der Waals surface area contributed by atoms with Crippen molar-refractivity contribution in [1.82, 2.24) is 15.2 Å². The summed E-state index contributed by atoms with van der Waals surface area (Å²) in [7, 11) is 0. The van der Waals surface area contributed by atoms with E-state index in [2.05, 4.69) is 84.5 Å². The predicted molar refractivity (Wildman–Crippen MR) is 223 cm³/mol. The summed E-state index contributed by atoms with van der Waals surface area (Å²) in [5.41, 5.74) is 6.70. The van der Waals surface area contributed by atoms with Gasteiger partial charge in [-0.05, 0) is 65.9 Å². The minimum absolute atomic E-state index is 0.00900. The number of unbranched alkanes of at least 4 members (excludes halogenated alkanes) is 10. The van der Waals surface area contributed by atoms with Gasteiger partial charge >= 0.3 is 0 Å². The number of aliphatic hydroxyl groups excluding tert-OH is 1. The first-order chi connectivity index (χ1) is 27.0. The van der Waals surface area contributed by atoms with E-state index in [1.807, 2.05) is 24.3 Å². The number of nitrogens with zero attached hydrogens (tertiary/aromatic N) is 2. The molecule has 2 heterocycles. The van der Waals surface area contributed by atoms with Crippen LogP contribution in [0.5, 0.6) is 0 Å². The summed E-state index contributed by atoms with van der Waals surface area (Å²) in [4.78, 5) is 19.5. The molecule has 1 aliphatic heterocycles. The molecule has 1 fully saturated rings. The Bertz CT molecular complexity index is 1650. The standard InChI is InChI=1S/C48H65N3O4/c1-4-6-8-10-12-16-31-51(32-17-13-11-9-7-5-2)35-45-37(3)46(40-24-22-38(36-52)23-25-40)55-48(54-45)41-28-26-39(27-29-41)44-21-15-14-19-42(44)34-50-47(53)43-20-18-30-49-33-43/h14-15,18-30,33,37,45-46,48,52H,4-13,16-17,31-32,34-36H2,1-3H3,(H,50,53). The number of hydrogen-bond acceptors (Lipinski definition) is 6. The average Bonchev–Trinajstić information content (AvgIpc) is 3.23. The number of amides is 1. The van der Waals surface area contributed by atoms with Crippen LogP contribution >= 0.6 is 0 Å². The van der Waals surface area contributed by atoms with E-state index in [-0.39, 0.29) is 30.6 Å². The summed E-state index contributed by atoms with van der Waals surface area (Å²) in [6, 6.07) is 28.4. The van der Waals surface area contributed by atoms with E-state index in [1.165, 1.54) is 77.0 Å². The lowest BCUT2D eigenvalue weighted by atomic mass is 9.89. The van der Waals surface area contributed by atoms with Crippen LogP contribution in [0.4, 0.5) is 0 Å². The van der Waals surface area contributed by atoms with Crippen molar-refractivity contribution in [3.05, 3.63) is 125 Å². The summed E-state index contributed by atoms with van der Waals surface area (Å²) >= 11 is 0. The zero-order chi connectivity index (χ0) is 38.7. The van der Waals surface area contributed by atoms with Crippen molar-refractivity contribution in [3.63, 3.8) is 0 Å². The summed E-state index contributed by atoms with van der Waals surface area (Å²) in [5, 5.41) is 12.8. The molecular weight excluding hydrogens is 683 g/mol. The maximum atomic E-state index is 12.8. The fourth-order valence-corrected chi connectivity index (χ4v) is 7.66. The van der Waals surface area contributed by atoms with Gasteiger partial charge in [-0.15, -0.1) is 0 Å². The molecule has 1 aromatic heterocycles. The maximum absolute atomic E-state index is 12.8. The second-order valence-corrected chi connectivity index (χ2v) is 15.4. The lowest BCUT2D eigenvalue weighted by Gasteiger charge is -2.43. The Labute approximate surface area is 330 Å². The summed E-state index contributed by atoms with van der Waals surface area (Å²) in [6.45, 7) is 10.3. The minimum atomic E-state index is -0.517. The number of aromatic nitrogens is 1. The highest BCUT2D eigenvalue weighted by Gasteiger charge is 2.39. The van der Waals surface area contributed by atoms with Crippen LogP contribution in [0.3, 0.4) is 0 Å². The Morgan fingerprint density at radius 3 is 2.02 bits per heavy atom. The van der Waals surface area contributed by atoms with Gasteiger partial charge in [0.25, 0.3) is 5.91 Å². The largest absolute Gasteiger partial charge is 0.392 e. The molecule has 1 aliphatic rings. The lowest BCUT2D eigenvalue weighted by molar-refractivity contribution is -0.276. The van der Waals surface area contributed by atoms with Gasteiger partial charge in [-0.3, -0.25) is 9.78 Å². The number of carbonyl (C=O) groups is 1. The van der Waals surface area contributed by atoms with Crippen LogP contribution in [-0.4, -0.2) is 46.6 Å². The molecule has 3 aromatic carbocycles. The molecule has 0 aliphatic carbocycles. The van der Waals surface area contributed by atoms with Crippen LogP contribution in [0.1, 0.15) is 143 Å². The van der Waals surface area contributed by atoms with Crippen LogP contribution in [0.25, 0.3) is 11.1 Å². The van der Waals surface area contributed by atoms with Gasteiger partial charge in [-0.25, -0.2) is 0 Å². The van der Waals surface area contributed by atoms with E-state index in [4.69, 9.17) is 9.47 Å². The molecule has 55 heavy (non-hydrogen) atoms. The molecule has 4 atom stereocenters. The van der Waals surface area contributed by atoms with Crippen molar-refractivity contribution < 1.29 is 19.4 Å². The molecule has 0 saturated carbocycles. The molecule has 5 rings (SSSR count). The number of carbonyl (C=O) groups excluding carboxylic acids is 1. The molecule has 4 unspecified atom stereocenters. The molecule has 4 aromatic rings. The molecule has 1 amide bonds. The Kier molecular flexibility index (Phi) is 17.9. The quantitative estimate of drug-likeness (QED) is 0.0735. The molecule has 1 saturated heterocycles. The number of benzene rings is 3. The average molecular weight is 748 g/mol. The molecule has 0 bridgehead atoms. The smallest absolute Gasteiger partial charge is 0.253 e. The van der Waals surface area contributed by atoms with Gasteiger partial charge in [0.1, 0.15) is 0 Å². The van der Waals surface area contributed by atoms with Crippen LogP contribution in [-0.2, 0) is 22.6 Å². The fraction of sp³-hybridized carbons (Fsp3) is 0.500. The fourth-order valence-electron chi connectivity index (χ4n) is 7.66. The second-order valence-electron chi connectivity index (χ2n) is 15.4. The number of rotatable bonds is 23. The molecule has 7 nitrogen and oxygen atoms in total. The van der Waals surface area contributed by atoms with Gasteiger partial charge < -0.3 is 24.8 Å². The Morgan fingerprint density at radius 1 is 0.745 bits per heavy atom. The summed E-state index contributed by atoms with van der Waals surface area (Å²) in [6.07, 6.45) is 18.1. The van der Waals surface area contributed by atoms with E-state index >= 15 is 0 Å². The highest BCUT2D eigenvalue weighted by atomic mass is 16.7. The minimum Gasteiger partial charge on any atom is -0.392 e. The second kappa shape index (κ2) is 23.2. The third-order valence-corrected chi connectivity index (χ3v) is 11.1. The van der Waals surface area contributed by atoms with E-state index in [0.29, 0.717) is 12.1 Å². The topological polar surface area (TPSA) is 83.9 Å². The van der Waals surface area contributed by atoms with Gasteiger partial charge in [0.05, 0.1) is 24.4 Å². The first-order valence-corrected chi connectivity index (χ1v) is 21.1. The Balaban J connectivity index is 1.32. The van der Waals surface area contributed by atoms with Crippen molar-refractivity contribution in [2.75, 3.05) is 19.6 Å².